The van der Waals surface area contributed by atoms with E-state index >= 15 is 0 Å². The molecule has 3 heterocycles. The smallest absolute Gasteiger partial charge is 0.282 e. The van der Waals surface area contributed by atoms with Crippen LogP contribution in [0.2, 0.25) is 5.02 Å². The van der Waals surface area contributed by atoms with Crippen LogP contribution in [-0.4, -0.2) is 55.4 Å². The molecular weight excluding hydrogens is 534 g/mol. The van der Waals surface area contributed by atoms with Gasteiger partial charge in [-0.05, 0) is 86.9 Å². The highest BCUT2D eigenvalue weighted by Crippen LogP contribution is 2.51. The monoisotopic (exact) mass is 569 g/mol. The molecule has 9 heteroatoms. The minimum Gasteiger partial charge on any atom is -0.303 e. The lowest BCUT2D eigenvalue weighted by Crippen LogP contribution is -2.35. The summed E-state index contributed by atoms with van der Waals surface area (Å²) in [5, 5.41) is 0.956. The third-order valence-electron chi connectivity index (χ3n) is 8.97. The molecule has 208 valence electrons. The van der Waals surface area contributed by atoms with Gasteiger partial charge in [0.05, 0.1) is 39.9 Å². The molecule has 3 aromatic rings. The maximum absolute atomic E-state index is 13.2. The molecule has 0 atom stereocenters. The van der Waals surface area contributed by atoms with E-state index in [0.717, 1.165) is 94.3 Å². The van der Waals surface area contributed by atoms with E-state index in [1.54, 1.807) is 6.07 Å². The van der Waals surface area contributed by atoms with Crippen molar-refractivity contribution in [3.05, 3.63) is 68.7 Å². The first-order valence-electron chi connectivity index (χ1n) is 14.2. The summed E-state index contributed by atoms with van der Waals surface area (Å²) in [7, 11) is -3.36. The largest absolute Gasteiger partial charge is 0.303 e. The number of aromatic nitrogens is 2. The molecule has 1 saturated heterocycles. The Morgan fingerprint density at radius 1 is 1.10 bits per heavy atom. The number of fused-ring (bicyclic) bond motifs is 7. The maximum Gasteiger partial charge on any atom is 0.282 e. The van der Waals surface area contributed by atoms with E-state index in [1.165, 1.54) is 17.5 Å². The van der Waals surface area contributed by atoms with Crippen molar-refractivity contribution >= 4 is 32.6 Å². The number of piperidine rings is 1. The third kappa shape index (κ3) is 5.17. The molecule has 2 fully saturated rings. The molecule has 7 nitrogen and oxygen atoms in total. The fourth-order valence-corrected chi connectivity index (χ4v) is 7.77. The van der Waals surface area contributed by atoms with Crippen molar-refractivity contribution in [1.82, 2.24) is 14.5 Å². The van der Waals surface area contributed by atoms with Gasteiger partial charge < -0.3 is 4.90 Å². The van der Waals surface area contributed by atoms with Crippen molar-refractivity contribution in [2.75, 3.05) is 32.5 Å². The van der Waals surface area contributed by atoms with Crippen molar-refractivity contribution in [2.24, 2.45) is 5.92 Å². The van der Waals surface area contributed by atoms with Gasteiger partial charge in [-0.25, -0.2) is 0 Å². The fraction of sp³-hybridized carbons (Fsp3) is 0.533. The zero-order chi connectivity index (χ0) is 27.2. The van der Waals surface area contributed by atoms with Gasteiger partial charge in [0, 0.05) is 6.54 Å². The fourth-order valence-electron chi connectivity index (χ4n) is 7.10. The van der Waals surface area contributed by atoms with E-state index in [-0.39, 0.29) is 17.6 Å². The van der Waals surface area contributed by atoms with E-state index in [2.05, 4.69) is 27.7 Å². The van der Waals surface area contributed by atoms with Crippen LogP contribution in [0.3, 0.4) is 0 Å². The molecule has 0 bridgehead atoms. The average Bonchev–Trinajstić information content (AvgIpc) is 3.16. The molecule has 39 heavy (non-hydrogen) atoms. The van der Waals surface area contributed by atoms with Crippen molar-refractivity contribution in [3.8, 4) is 5.69 Å². The maximum atomic E-state index is 13.2. The summed E-state index contributed by atoms with van der Waals surface area (Å²) in [6, 6.07) is 12.6. The van der Waals surface area contributed by atoms with Gasteiger partial charge in [-0.2, -0.15) is 13.4 Å². The number of nitrogens with zero attached hydrogens (tertiary/aromatic N) is 3. The molecule has 0 radical (unpaired) electrons. The van der Waals surface area contributed by atoms with E-state index in [0.29, 0.717) is 16.3 Å². The van der Waals surface area contributed by atoms with Gasteiger partial charge in [0.15, 0.2) is 0 Å². The summed E-state index contributed by atoms with van der Waals surface area (Å²) >= 11 is 6.48. The van der Waals surface area contributed by atoms with Gasteiger partial charge in [-0.1, -0.05) is 49.1 Å². The number of hydrogen-bond donors (Lipinski definition) is 0. The molecule has 0 N–H and O–H groups in total. The van der Waals surface area contributed by atoms with E-state index in [1.807, 2.05) is 12.1 Å². The number of likely N-dealkylation sites (tertiary alicyclic amines) is 1. The predicted molar refractivity (Wildman–Crippen MR) is 154 cm³/mol. The third-order valence-corrected chi connectivity index (χ3v) is 9.88. The zero-order valence-corrected chi connectivity index (χ0v) is 24.1. The summed E-state index contributed by atoms with van der Waals surface area (Å²) in [6.07, 6.45) is 10.7. The highest BCUT2D eigenvalue weighted by atomic mass is 35.5. The lowest BCUT2D eigenvalue weighted by Gasteiger charge is -2.34. The number of benzene rings is 2. The SMILES string of the molecule is CS(=O)(=O)OCCCN1CCC(Cc2ccc3c(c2)C2(CCCCC2)c2nc(=O)c4c(Cl)cccc4n2-3)CC1. The second-order valence-electron chi connectivity index (χ2n) is 11.6. The highest BCUT2D eigenvalue weighted by Gasteiger charge is 2.46. The first-order chi connectivity index (χ1) is 18.7. The molecule has 0 amide bonds. The minimum absolute atomic E-state index is 0.212. The Hall–Kier alpha value is -2.26. The van der Waals surface area contributed by atoms with Crippen molar-refractivity contribution in [2.45, 2.75) is 63.2 Å². The lowest BCUT2D eigenvalue weighted by molar-refractivity contribution is 0.172. The van der Waals surface area contributed by atoms with Crippen LogP contribution in [-0.2, 0) is 26.1 Å². The second kappa shape index (κ2) is 10.6. The quantitative estimate of drug-likeness (QED) is 0.286. The molecule has 1 aromatic heterocycles. The molecule has 0 unspecified atom stereocenters. The Balaban J connectivity index is 1.23. The van der Waals surface area contributed by atoms with Crippen LogP contribution in [0.25, 0.3) is 16.6 Å². The molecule has 6 rings (SSSR count). The molecule has 1 spiro atoms. The summed E-state index contributed by atoms with van der Waals surface area (Å²) in [6.45, 7) is 3.18. The lowest BCUT2D eigenvalue weighted by atomic mass is 9.69. The summed E-state index contributed by atoms with van der Waals surface area (Å²) in [5.41, 5.74) is 4.23. The number of rotatable bonds is 7. The van der Waals surface area contributed by atoms with Gasteiger partial charge in [0.25, 0.3) is 15.7 Å². The van der Waals surface area contributed by atoms with Crippen LogP contribution in [0.15, 0.2) is 41.2 Å². The second-order valence-corrected chi connectivity index (χ2v) is 13.6. The van der Waals surface area contributed by atoms with Gasteiger partial charge >= 0.3 is 0 Å². The Kier molecular flexibility index (Phi) is 7.33. The number of halogens is 1. The van der Waals surface area contributed by atoms with E-state index in [4.69, 9.17) is 20.8 Å². The normalized spacial score (nSPS) is 19.4. The van der Waals surface area contributed by atoms with Crippen LogP contribution in [0.1, 0.15) is 68.3 Å². The van der Waals surface area contributed by atoms with Gasteiger partial charge in [0.1, 0.15) is 5.82 Å². The Morgan fingerprint density at radius 3 is 2.62 bits per heavy atom. The average molecular weight is 570 g/mol. The van der Waals surface area contributed by atoms with Crippen molar-refractivity contribution < 1.29 is 12.6 Å². The van der Waals surface area contributed by atoms with Crippen molar-refractivity contribution in [1.29, 1.82) is 0 Å². The molecule has 2 aliphatic heterocycles. The van der Waals surface area contributed by atoms with E-state index in [9.17, 15) is 13.2 Å². The van der Waals surface area contributed by atoms with Crippen molar-refractivity contribution in [3.63, 3.8) is 0 Å². The Morgan fingerprint density at radius 2 is 1.87 bits per heavy atom. The standard InChI is InChI=1S/C30H36ClN3O4S/c1-39(36,37)38-18-6-15-33-16-11-21(12-17-33)19-22-9-10-25-23(20-22)30(13-3-2-4-14-30)29-32-28(35)27-24(31)7-5-8-26(27)34(25)29/h5,7-10,20-21H,2-4,6,11-19H2,1H3. The molecule has 2 aromatic carbocycles. The molecular formula is C30H36ClN3O4S. The minimum atomic E-state index is -3.36. The Labute approximate surface area is 235 Å². The first-order valence-corrected chi connectivity index (χ1v) is 16.4. The summed E-state index contributed by atoms with van der Waals surface area (Å²) < 4.78 is 29.4. The van der Waals surface area contributed by atoms with Crippen LogP contribution in [0, 0.1) is 5.92 Å². The predicted octanol–water partition coefficient (Wildman–Crippen LogP) is 5.22. The van der Waals surface area contributed by atoms with Crippen LogP contribution < -0.4 is 5.56 Å². The van der Waals surface area contributed by atoms with Gasteiger partial charge in [-0.15, -0.1) is 0 Å². The first kappa shape index (κ1) is 26.9. The molecule has 1 saturated carbocycles. The van der Waals surface area contributed by atoms with E-state index < -0.39 is 10.1 Å². The summed E-state index contributed by atoms with van der Waals surface area (Å²) in [5.74, 6) is 1.51. The van der Waals surface area contributed by atoms with Crippen LogP contribution in [0.4, 0.5) is 0 Å². The highest BCUT2D eigenvalue weighted by molar-refractivity contribution is 7.85. The number of hydrogen-bond acceptors (Lipinski definition) is 6. The van der Waals surface area contributed by atoms with Gasteiger partial charge in [-0.3, -0.25) is 13.5 Å². The van der Waals surface area contributed by atoms with Crippen LogP contribution >= 0.6 is 11.6 Å². The van der Waals surface area contributed by atoms with Gasteiger partial charge in [0.2, 0.25) is 0 Å². The topological polar surface area (TPSA) is 81.5 Å². The van der Waals surface area contributed by atoms with Crippen LogP contribution in [0.5, 0.6) is 0 Å². The summed E-state index contributed by atoms with van der Waals surface area (Å²) in [4.78, 5) is 20.3. The molecule has 3 aliphatic rings. The molecule has 1 aliphatic carbocycles. The Bertz CT molecular complexity index is 1550. The zero-order valence-electron chi connectivity index (χ0n) is 22.5.